The highest BCUT2D eigenvalue weighted by Crippen LogP contribution is 2.31. The van der Waals surface area contributed by atoms with Crippen LogP contribution in [0.15, 0.2) is 48.5 Å². The van der Waals surface area contributed by atoms with Crippen LogP contribution in [-0.4, -0.2) is 33.3 Å². The van der Waals surface area contributed by atoms with Crippen LogP contribution in [0.1, 0.15) is 19.4 Å². The number of para-hydroxylation sites is 1. The van der Waals surface area contributed by atoms with E-state index in [9.17, 15) is 4.79 Å². The van der Waals surface area contributed by atoms with Crippen LogP contribution in [0.3, 0.4) is 0 Å². The molecule has 0 atom stereocenters. The Morgan fingerprint density at radius 2 is 1.60 bits per heavy atom. The molecule has 0 bridgehead atoms. The molecule has 0 spiro atoms. The molecule has 134 valence electrons. The molecule has 0 unspecified atom stereocenters. The maximum absolute atomic E-state index is 12.6. The molecule has 0 saturated carbocycles. The van der Waals surface area contributed by atoms with Crippen LogP contribution < -0.4 is 19.5 Å². The van der Waals surface area contributed by atoms with E-state index in [1.165, 1.54) is 0 Å². The van der Waals surface area contributed by atoms with Gasteiger partial charge >= 0.3 is 0 Å². The zero-order valence-corrected chi connectivity index (χ0v) is 15.2. The molecule has 25 heavy (non-hydrogen) atoms. The standard InChI is InChI=1S/C20H25NO4/c1-20(2,17-7-5-6-8-18(17)24-4)19(22)21-13-14-25-16-11-9-15(23-3)10-12-16/h5-12H,13-14H2,1-4H3,(H,21,22). The molecule has 0 heterocycles. The number of benzene rings is 2. The monoisotopic (exact) mass is 343 g/mol. The zero-order valence-electron chi connectivity index (χ0n) is 15.2. The van der Waals surface area contributed by atoms with Crippen molar-refractivity contribution in [2.24, 2.45) is 0 Å². The number of carbonyl (C=O) groups excluding carboxylic acids is 1. The summed E-state index contributed by atoms with van der Waals surface area (Å²) >= 11 is 0. The zero-order chi connectivity index (χ0) is 18.3. The van der Waals surface area contributed by atoms with E-state index < -0.39 is 5.41 Å². The number of carbonyl (C=O) groups is 1. The number of rotatable bonds is 8. The Bertz CT molecular complexity index is 695. The molecule has 2 aromatic carbocycles. The number of hydrogen-bond donors (Lipinski definition) is 1. The molecule has 2 rings (SSSR count). The summed E-state index contributed by atoms with van der Waals surface area (Å²) < 4.78 is 16.1. The summed E-state index contributed by atoms with van der Waals surface area (Å²) in [6, 6.07) is 14.9. The first-order chi connectivity index (χ1) is 12.0. The third-order valence-corrected chi connectivity index (χ3v) is 4.06. The minimum Gasteiger partial charge on any atom is -0.497 e. The second-order valence-corrected chi connectivity index (χ2v) is 6.11. The van der Waals surface area contributed by atoms with E-state index in [1.54, 1.807) is 14.2 Å². The van der Waals surface area contributed by atoms with Gasteiger partial charge in [-0.3, -0.25) is 4.79 Å². The van der Waals surface area contributed by atoms with Crippen molar-refractivity contribution in [3.05, 3.63) is 54.1 Å². The third kappa shape index (κ3) is 4.66. The van der Waals surface area contributed by atoms with E-state index in [4.69, 9.17) is 14.2 Å². The van der Waals surface area contributed by atoms with Crippen LogP contribution in [0.5, 0.6) is 17.2 Å². The van der Waals surface area contributed by atoms with Crippen molar-refractivity contribution < 1.29 is 19.0 Å². The summed E-state index contributed by atoms with van der Waals surface area (Å²) in [5.41, 5.74) is 0.151. The van der Waals surface area contributed by atoms with Crippen molar-refractivity contribution in [3.8, 4) is 17.2 Å². The van der Waals surface area contributed by atoms with E-state index >= 15 is 0 Å². The first-order valence-electron chi connectivity index (χ1n) is 8.17. The number of methoxy groups -OCH3 is 2. The van der Waals surface area contributed by atoms with Gasteiger partial charge in [0.15, 0.2) is 0 Å². The van der Waals surface area contributed by atoms with Gasteiger partial charge in [-0.25, -0.2) is 0 Å². The van der Waals surface area contributed by atoms with Crippen molar-refractivity contribution in [1.29, 1.82) is 0 Å². The Kier molecular flexibility index (Phi) is 6.28. The largest absolute Gasteiger partial charge is 0.497 e. The van der Waals surface area contributed by atoms with Gasteiger partial charge < -0.3 is 19.5 Å². The Hall–Kier alpha value is -2.69. The molecular weight excluding hydrogens is 318 g/mol. The normalized spacial score (nSPS) is 10.9. The molecule has 0 saturated heterocycles. The fourth-order valence-corrected chi connectivity index (χ4v) is 2.51. The van der Waals surface area contributed by atoms with E-state index in [0.717, 1.165) is 17.1 Å². The summed E-state index contributed by atoms with van der Waals surface area (Å²) in [5, 5.41) is 2.92. The predicted octanol–water partition coefficient (Wildman–Crippen LogP) is 3.18. The maximum Gasteiger partial charge on any atom is 0.230 e. The number of amides is 1. The average Bonchev–Trinajstić information content (AvgIpc) is 2.65. The molecule has 0 aliphatic rings. The van der Waals surface area contributed by atoms with Gasteiger partial charge in [-0.2, -0.15) is 0 Å². The van der Waals surface area contributed by atoms with Crippen molar-refractivity contribution in [1.82, 2.24) is 5.32 Å². The van der Waals surface area contributed by atoms with Crippen molar-refractivity contribution >= 4 is 5.91 Å². The van der Waals surface area contributed by atoms with Gasteiger partial charge in [-0.15, -0.1) is 0 Å². The quantitative estimate of drug-likeness (QED) is 0.748. The summed E-state index contributed by atoms with van der Waals surface area (Å²) in [6.07, 6.45) is 0. The van der Waals surface area contributed by atoms with Gasteiger partial charge in [0.2, 0.25) is 5.91 Å². The van der Waals surface area contributed by atoms with Crippen molar-refractivity contribution in [2.75, 3.05) is 27.4 Å². The van der Waals surface area contributed by atoms with Gasteiger partial charge in [0.25, 0.3) is 0 Å². The number of nitrogens with one attached hydrogen (secondary N) is 1. The predicted molar refractivity (Wildman–Crippen MR) is 97.5 cm³/mol. The Labute approximate surface area is 148 Å². The van der Waals surface area contributed by atoms with Crippen LogP contribution >= 0.6 is 0 Å². The fourth-order valence-electron chi connectivity index (χ4n) is 2.51. The topological polar surface area (TPSA) is 56.8 Å². The number of hydrogen-bond acceptors (Lipinski definition) is 4. The Morgan fingerprint density at radius 1 is 0.960 bits per heavy atom. The molecule has 5 heteroatoms. The lowest BCUT2D eigenvalue weighted by molar-refractivity contribution is -0.125. The first kappa shape index (κ1) is 18.6. The van der Waals surface area contributed by atoms with E-state index in [0.29, 0.717) is 18.9 Å². The van der Waals surface area contributed by atoms with Gasteiger partial charge in [0.1, 0.15) is 23.9 Å². The smallest absolute Gasteiger partial charge is 0.230 e. The van der Waals surface area contributed by atoms with Gasteiger partial charge in [-0.1, -0.05) is 18.2 Å². The van der Waals surface area contributed by atoms with Crippen LogP contribution in [0.2, 0.25) is 0 Å². The highest BCUT2D eigenvalue weighted by atomic mass is 16.5. The van der Waals surface area contributed by atoms with Crippen LogP contribution in [-0.2, 0) is 10.2 Å². The summed E-state index contributed by atoms with van der Waals surface area (Å²) in [7, 11) is 3.23. The third-order valence-electron chi connectivity index (χ3n) is 4.06. The summed E-state index contributed by atoms with van der Waals surface area (Å²) in [5.74, 6) is 2.14. The van der Waals surface area contributed by atoms with Gasteiger partial charge in [0, 0.05) is 5.56 Å². The van der Waals surface area contributed by atoms with Crippen molar-refractivity contribution in [3.63, 3.8) is 0 Å². The maximum atomic E-state index is 12.6. The molecule has 0 aliphatic heterocycles. The molecule has 5 nitrogen and oxygen atoms in total. The van der Waals surface area contributed by atoms with E-state index in [2.05, 4.69) is 5.32 Å². The Morgan fingerprint density at radius 3 is 2.24 bits per heavy atom. The molecule has 1 amide bonds. The molecule has 0 aromatic heterocycles. The average molecular weight is 343 g/mol. The Balaban J connectivity index is 1.88. The SMILES string of the molecule is COc1ccc(OCCNC(=O)C(C)(C)c2ccccc2OC)cc1. The second-order valence-electron chi connectivity index (χ2n) is 6.11. The highest BCUT2D eigenvalue weighted by molar-refractivity contribution is 5.88. The number of ether oxygens (including phenoxy) is 3. The second kappa shape index (κ2) is 8.42. The van der Waals surface area contributed by atoms with Gasteiger partial charge in [-0.05, 0) is 44.2 Å². The molecular formula is C20H25NO4. The molecule has 2 aromatic rings. The molecule has 0 fully saturated rings. The lowest BCUT2D eigenvalue weighted by atomic mass is 9.83. The highest BCUT2D eigenvalue weighted by Gasteiger charge is 2.32. The minimum atomic E-state index is -0.702. The van der Waals surface area contributed by atoms with Crippen molar-refractivity contribution in [2.45, 2.75) is 19.3 Å². The van der Waals surface area contributed by atoms with Crippen LogP contribution in [0.4, 0.5) is 0 Å². The van der Waals surface area contributed by atoms with Crippen LogP contribution in [0.25, 0.3) is 0 Å². The minimum absolute atomic E-state index is 0.0738. The van der Waals surface area contributed by atoms with Gasteiger partial charge in [0.05, 0.1) is 26.2 Å². The first-order valence-corrected chi connectivity index (χ1v) is 8.17. The fraction of sp³-hybridized carbons (Fsp3) is 0.350. The molecule has 0 radical (unpaired) electrons. The lowest BCUT2D eigenvalue weighted by Gasteiger charge is -2.26. The molecule has 1 N–H and O–H groups in total. The molecule has 0 aliphatic carbocycles. The van der Waals surface area contributed by atoms with E-state index in [1.807, 2.05) is 62.4 Å². The lowest BCUT2D eigenvalue weighted by Crippen LogP contribution is -2.41. The summed E-state index contributed by atoms with van der Waals surface area (Å²) in [4.78, 5) is 12.6. The van der Waals surface area contributed by atoms with E-state index in [-0.39, 0.29) is 5.91 Å². The van der Waals surface area contributed by atoms with Crippen LogP contribution in [0, 0.1) is 0 Å². The summed E-state index contributed by atoms with van der Waals surface area (Å²) in [6.45, 7) is 4.57.